The molecule has 0 fully saturated rings. The lowest BCUT2D eigenvalue weighted by atomic mass is 9.97. The first-order chi connectivity index (χ1) is 11.1. The number of benzene rings is 1. The average molecular weight is 307 g/mol. The third-order valence-corrected chi connectivity index (χ3v) is 3.42. The number of ether oxygens (including phenoxy) is 1. The van der Waals surface area contributed by atoms with Crippen LogP contribution in [-0.4, -0.2) is 21.7 Å². The SMILES string of the molecule is COc1ccc(-c2c(C#N)c(=O)n3[nH]c(=O)[nH]c3c2C#N)cc1. The molecule has 2 aromatic heterocycles. The van der Waals surface area contributed by atoms with E-state index in [9.17, 15) is 20.1 Å². The van der Waals surface area contributed by atoms with Crippen LogP contribution in [0.1, 0.15) is 11.1 Å². The lowest BCUT2D eigenvalue weighted by molar-refractivity contribution is 0.415. The predicted octanol–water partition coefficient (Wildman–Crippen LogP) is 0.735. The van der Waals surface area contributed by atoms with Crippen LogP contribution in [0.5, 0.6) is 5.75 Å². The molecule has 112 valence electrons. The zero-order valence-corrected chi connectivity index (χ0v) is 11.9. The van der Waals surface area contributed by atoms with E-state index in [1.54, 1.807) is 24.3 Å². The number of methoxy groups -OCH3 is 1. The molecular formula is C15H9N5O3. The van der Waals surface area contributed by atoms with Crippen LogP contribution in [0.15, 0.2) is 33.9 Å². The number of nitrogens with zero attached hydrogens (tertiary/aromatic N) is 3. The smallest absolute Gasteiger partial charge is 0.339 e. The molecule has 1 aromatic carbocycles. The van der Waals surface area contributed by atoms with Gasteiger partial charge in [-0.1, -0.05) is 12.1 Å². The summed E-state index contributed by atoms with van der Waals surface area (Å²) >= 11 is 0. The minimum absolute atomic E-state index is 0.0207. The third kappa shape index (κ3) is 2.06. The normalized spacial score (nSPS) is 10.2. The van der Waals surface area contributed by atoms with E-state index in [1.165, 1.54) is 7.11 Å². The van der Waals surface area contributed by atoms with Crippen LogP contribution in [0.3, 0.4) is 0 Å². The van der Waals surface area contributed by atoms with Gasteiger partial charge in [0.2, 0.25) is 0 Å². The van der Waals surface area contributed by atoms with E-state index in [2.05, 4.69) is 10.1 Å². The highest BCUT2D eigenvalue weighted by Crippen LogP contribution is 2.28. The Labute approximate surface area is 128 Å². The number of nitrogens with one attached hydrogen (secondary N) is 2. The number of hydrogen-bond donors (Lipinski definition) is 2. The molecule has 3 aromatic rings. The molecule has 0 aliphatic rings. The Morgan fingerprint density at radius 3 is 2.30 bits per heavy atom. The molecule has 2 N–H and O–H groups in total. The first-order valence-corrected chi connectivity index (χ1v) is 6.46. The van der Waals surface area contributed by atoms with Crippen LogP contribution in [0.2, 0.25) is 0 Å². The Balaban J connectivity index is 2.48. The number of aromatic nitrogens is 3. The maximum absolute atomic E-state index is 12.4. The van der Waals surface area contributed by atoms with E-state index >= 15 is 0 Å². The fourth-order valence-electron chi connectivity index (χ4n) is 2.40. The average Bonchev–Trinajstić information content (AvgIpc) is 2.96. The molecule has 0 aliphatic heterocycles. The topological polar surface area (TPSA) is 127 Å². The fraction of sp³-hybridized carbons (Fsp3) is 0.0667. The van der Waals surface area contributed by atoms with Gasteiger partial charge in [0.1, 0.15) is 29.0 Å². The van der Waals surface area contributed by atoms with Gasteiger partial charge >= 0.3 is 5.69 Å². The van der Waals surface area contributed by atoms with E-state index in [0.29, 0.717) is 11.3 Å². The van der Waals surface area contributed by atoms with Crippen LogP contribution < -0.4 is 16.0 Å². The van der Waals surface area contributed by atoms with Crippen LogP contribution in [0, 0.1) is 22.7 Å². The molecule has 0 saturated heterocycles. The van der Waals surface area contributed by atoms with Gasteiger partial charge in [0.05, 0.1) is 7.11 Å². The van der Waals surface area contributed by atoms with Gasteiger partial charge in [-0.3, -0.25) is 9.78 Å². The number of nitriles is 2. The third-order valence-electron chi connectivity index (χ3n) is 3.42. The van der Waals surface area contributed by atoms with Gasteiger partial charge in [-0.05, 0) is 17.7 Å². The van der Waals surface area contributed by atoms with Crippen molar-refractivity contribution in [1.29, 1.82) is 10.5 Å². The number of rotatable bonds is 2. The molecule has 0 spiro atoms. The lowest BCUT2D eigenvalue weighted by Gasteiger charge is -2.08. The monoisotopic (exact) mass is 307 g/mol. The van der Waals surface area contributed by atoms with Gasteiger partial charge in [-0.2, -0.15) is 15.0 Å². The molecule has 0 bridgehead atoms. The van der Waals surface area contributed by atoms with Gasteiger partial charge in [0.25, 0.3) is 5.56 Å². The zero-order chi connectivity index (χ0) is 16.6. The zero-order valence-electron chi connectivity index (χ0n) is 11.9. The summed E-state index contributed by atoms with van der Waals surface area (Å²) in [5.74, 6) is 0.596. The molecule has 0 atom stereocenters. The van der Waals surface area contributed by atoms with E-state index in [-0.39, 0.29) is 22.3 Å². The lowest BCUT2D eigenvalue weighted by Crippen LogP contribution is -2.20. The van der Waals surface area contributed by atoms with Crippen molar-refractivity contribution in [2.24, 2.45) is 0 Å². The summed E-state index contributed by atoms with van der Waals surface area (Å²) in [6.07, 6.45) is 0. The maximum atomic E-state index is 12.4. The fourth-order valence-corrected chi connectivity index (χ4v) is 2.40. The van der Waals surface area contributed by atoms with Crippen LogP contribution in [0.25, 0.3) is 16.8 Å². The number of aromatic amines is 2. The molecule has 8 nitrogen and oxygen atoms in total. The van der Waals surface area contributed by atoms with Gasteiger partial charge < -0.3 is 4.74 Å². The number of hydrogen-bond acceptors (Lipinski definition) is 5. The van der Waals surface area contributed by atoms with Crippen molar-refractivity contribution >= 4 is 5.65 Å². The van der Waals surface area contributed by atoms with Crippen molar-refractivity contribution in [2.75, 3.05) is 7.11 Å². The van der Waals surface area contributed by atoms with Gasteiger partial charge in [0, 0.05) is 5.56 Å². The summed E-state index contributed by atoms with van der Waals surface area (Å²) in [4.78, 5) is 26.2. The van der Waals surface area contributed by atoms with Crippen LogP contribution in [0.4, 0.5) is 0 Å². The first kappa shape index (κ1) is 14.2. The highest BCUT2D eigenvalue weighted by atomic mass is 16.5. The summed E-state index contributed by atoms with van der Waals surface area (Å²) in [5, 5.41) is 21.1. The van der Waals surface area contributed by atoms with Gasteiger partial charge in [-0.15, -0.1) is 0 Å². The molecule has 0 aliphatic carbocycles. The van der Waals surface area contributed by atoms with Crippen molar-refractivity contribution < 1.29 is 4.74 Å². The molecule has 0 amide bonds. The second-order valence-corrected chi connectivity index (χ2v) is 4.63. The number of H-pyrrole nitrogens is 2. The molecule has 23 heavy (non-hydrogen) atoms. The van der Waals surface area contributed by atoms with Crippen molar-refractivity contribution in [1.82, 2.24) is 14.6 Å². The molecule has 8 heteroatoms. The van der Waals surface area contributed by atoms with Gasteiger partial charge in [-0.25, -0.2) is 9.89 Å². The van der Waals surface area contributed by atoms with E-state index in [1.807, 2.05) is 12.1 Å². The van der Waals surface area contributed by atoms with Gasteiger partial charge in [0.15, 0.2) is 5.65 Å². The Morgan fingerprint density at radius 1 is 1.09 bits per heavy atom. The summed E-state index contributed by atoms with van der Waals surface area (Å²) in [7, 11) is 1.51. The molecule has 2 heterocycles. The Morgan fingerprint density at radius 2 is 1.74 bits per heavy atom. The van der Waals surface area contributed by atoms with Crippen molar-refractivity contribution in [3.8, 4) is 29.0 Å². The highest BCUT2D eigenvalue weighted by Gasteiger charge is 2.21. The Kier molecular flexibility index (Phi) is 3.21. The molecular weight excluding hydrogens is 298 g/mol. The summed E-state index contributed by atoms with van der Waals surface area (Å²) < 4.78 is 5.93. The van der Waals surface area contributed by atoms with Crippen molar-refractivity contribution in [3.63, 3.8) is 0 Å². The van der Waals surface area contributed by atoms with Crippen LogP contribution in [-0.2, 0) is 0 Å². The van der Waals surface area contributed by atoms with Crippen LogP contribution >= 0.6 is 0 Å². The maximum Gasteiger partial charge on any atom is 0.339 e. The van der Waals surface area contributed by atoms with E-state index < -0.39 is 11.2 Å². The summed E-state index contributed by atoms with van der Waals surface area (Å²) in [6.45, 7) is 0. The minimum Gasteiger partial charge on any atom is -0.497 e. The quantitative estimate of drug-likeness (QED) is 0.721. The van der Waals surface area contributed by atoms with Crippen molar-refractivity contribution in [3.05, 3.63) is 56.2 Å². The highest BCUT2D eigenvalue weighted by molar-refractivity contribution is 5.82. The minimum atomic E-state index is -0.703. The van der Waals surface area contributed by atoms with E-state index in [4.69, 9.17) is 4.74 Å². The summed E-state index contributed by atoms with van der Waals surface area (Å²) in [6, 6.07) is 10.3. The number of fused-ring (bicyclic) bond motifs is 1. The second-order valence-electron chi connectivity index (χ2n) is 4.63. The molecule has 0 unspecified atom stereocenters. The Bertz CT molecular complexity index is 1100. The Hall–Kier alpha value is -3.78. The largest absolute Gasteiger partial charge is 0.497 e. The number of pyridine rings is 1. The molecule has 0 saturated carbocycles. The molecule has 3 rings (SSSR count). The first-order valence-electron chi connectivity index (χ1n) is 6.46. The van der Waals surface area contributed by atoms with Crippen molar-refractivity contribution in [2.45, 2.75) is 0 Å². The van der Waals surface area contributed by atoms with E-state index in [0.717, 1.165) is 4.52 Å². The predicted molar refractivity (Wildman–Crippen MR) is 80.1 cm³/mol. The second kappa shape index (κ2) is 5.20. The standard InChI is InChI=1S/C15H9N5O3/c1-23-9-4-2-8(3-5-9)12-10(6-16)13-18-15(22)19-20(13)14(21)11(12)7-17/h2-5H,1H3,(H2,18,19,22). The summed E-state index contributed by atoms with van der Waals surface area (Å²) in [5.41, 5.74) is -0.838. The molecule has 0 radical (unpaired) electrons.